The summed E-state index contributed by atoms with van der Waals surface area (Å²) in [5.74, 6) is -0.891. The highest BCUT2D eigenvalue weighted by Gasteiger charge is 2.28. The van der Waals surface area contributed by atoms with E-state index in [1.807, 2.05) is 0 Å². The molecule has 0 radical (unpaired) electrons. The number of nitrogens with zero attached hydrogens (tertiary/aromatic N) is 2. The van der Waals surface area contributed by atoms with Crippen molar-refractivity contribution >= 4 is 39.1 Å². The minimum atomic E-state index is -3.78. The summed E-state index contributed by atoms with van der Waals surface area (Å²) in [4.78, 5) is 26.0. The van der Waals surface area contributed by atoms with Gasteiger partial charge in [-0.25, -0.2) is 8.42 Å². The highest BCUT2D eigenvalue weighted by atomic mass is 35.5. The number of amides is 2. The minimum absolute atomic E-state index is 0.152. The number of sulfonamides is 1. The van der Waals surface area contributed by atoms with Gasteiger partial charge in [-0.3, -0.25) is 13.9 Å². The fourth-order valence-electron chi connectivity index (χ4n) is 3.30. The topological polar surface area (TPSA) is 101 Å². The Morgan fingerprint density at radius 3 is 2.31 bits per heavy atom. The Hall–Kier alpha value is -2.58. The highest BCUT2D eigenvalue weighted by molar-refractivity contribution is 7.92. The summed E-state index contributed by atoms with van der Waals surface area (Å²) in [6.45, 7) is 0.788. The number of primary amides is 1. The van der Waals surface area contributed by atoms with Crippen LogP contribution in [0.1, 0.15) is 23.2 Å². The molecule has 0 saturated carbocycles. The zero-order valence-electron chi connectivity index (χ0n) is 15.9. The number of carbonyl (C=O) groups is 2. The van der Waals surface area contributed by atoms with E-state index >= 15 is 0 Å². The molecule has 1 saturated heterocycles. The zero-order chi connectivity index (χ0) is 21.2. The van der Waals surface area contributed by atoms with Crippen molar-refractivity contribution in [2.75, 3.05) is 24.4 Å². The second kappa shape index (κ2) is 8.42. The number of hydrogen-bond acceptors (Lipinski definition) is 4. The van der Waals surface area contributed by atoms with E-state index in [2.05, 4.69) is 0 Å². The van der Waals surface area contributed by atoms with E-state index in [0.29, 0.717) is 31.6 Å². The van der Waals surface area contributed by atoms with Crippen molar-refractivity contribution in [1.82, 2.24) is 4.90 Å². The molecule has 1 heterocycles. The maximum absolute atomic E-state index is 12.9. The summed E-state index contributed by atoms with van der Waals surface area (Å²) in [7, 11) is -2.35. The first-order valence-corrected chi connectivity index (χ1v) is 11.0. The van der Waals surface area contributed by atoms with Gasteiger partial charge < -0.3 is 10.6 Å². The highest BCUT2D eigenvalue weighted by Crippen LogP contribution is 2.28. The van der Waals surface area contributed by atoms with E-state index < -0.39 is 10.0 Å². The Labute approximate surface area is 175 Å². The summed E-state index contributed by atoms with van der Waals surface area (Å²) in [6, 6.07) is 12.6. The first-order valence-electron chi connectivity index (χ1n) is 9.14. The predicted molar refractivity (Wildman–Crippen MR) is 111 cm³/mol. The molecule has 7 nitrogen and oxygen atoms in total. The molecule has 0 spiro atoms. The molecule has 0 aromatic heterocycles. The zero-order valence-corrected chi connectivity index (χ0v) is 17.5. The van der Waals surface area contributed by atoms with Crippen LogP contribution in [0, 0.1) is 5.92 Å². The van der Waals surface area contributed by atoms with E-state index in [9.17, 15) is 18.0 Å². The lowest BCUT2D eigenvalue weighted by atomic mass is 9.96. The summed E-state index contributed by atoms with van der Waals surface area (Å²) in [6.07, 6.45) is 1.00. The molecule has 29 heavy (non-hydrogen) atoms. The molecule has 1 fully saturated rings. The van der Waals surface area contributed by atoms with E-state index in [1.165, 1.54) is 31.3 Å². The van der Waals surface area contributed by atoms with Crippen molar-refractivity contribution in [3.05, 3.63) is 59.1 Å². The van der Waals surface area contributed by atoms with Crippen molar-refractivity contribution in [3.63, 3.8) is 0 Å². The molecule has 2 N–H and O–H groups in total. The number of benzene rings is 2. The third-order valence-corrected chi connectivity index (χ3v) is 7.26. The summed E-state index contributed by atoms with van der Waals surface area (Å²) in [5, 5.41) is 0.237. The Morgan fingerprint density at radius 2 is 1.72 bits per heavy atom. The fraction of sp³-hybridized carbons (Fsp3) is 0.300. The van der Waals surface area contributed by atoms with Crippen LogP contribution in [-0.2, 0) is 14.8 Å². The van der Waals surface area contributed by atoms with Crippen LogP contribution in [0.5, 0.6) is 0 Å². The van der Waals surface area contributed by atoms with Crippen LogP contribution in [0.3, 0.4) is 0 Å². The van der Waals surface area contributed by atoms with E-state index in [4.69, 9.17) is 17.3 Å². The van der Waals surface area contributed by atoms with Gasteiger partial charge in [0.05, 0.1) is 21.2 Å². The lowest BCUT2D eigenvalue weighted by Gasteiger charge is -2.31. The molecular weight excluding hydrogens is 414 g/mol. The third kappa shape index (κ3) is 4.38. The number of piperidine rings is 1. The van der Waals surface area contributed by atoms with Crippen molar-refractivity contribution in [2.45, 2.75) is 17.7 Å². The minimum Gasteiger partial charge on any atom is -0.369 e. The van der Waals surface area contributed by atoms with Crippen LogP contribution in [0.15, 0.2) is 53.4 Å². The van der Waals surface area contributed by atoms with Gasteiger partial charge >= 0.3 is 0 Å². The molecule has 9 heteroatoms. The molecule has 0 atom stereocenters. The molecule has 0 bridgehead atoms. The van der Waals surface area contributed by atoms with Gasteiger partial charge in [0.2, 0.25) is 5.91 Å². The summed E-state index contributed by atoms with van der Waals surface area (Å²) >= 11 is 6.24. The Kier molecular flexibility index (Phi) is 6.14. The predicted octanol–water partition coefficient (Wildman–Crippen LogP) is 2.50. The largest absolute Gasteiger partial charge is 0.369 e. The number of hydrogen-bond donors (Lipinski definition) is 1. The normalized spacial score (nSPS) is 15.2. The second-order valence-corrected chi connectivity index (χ2v) is 9.30. The van der Waals surface area contributed by atoms with Crippen LogP contribution in [0.2, 0.25) is 5.02 Å². The van der Waals surface area contributed by atoms with E-state index in [0.717, 1.165) is 4.31 Å². The van der Waals surface area contributed by atoms with Gasteiger partial charge in [0.1, 0.15) is 0 Å². The number of anilines is 1. The van der Waals surface area contributed by atoms with Gasteiger partial charge in [-0.15, -0.1) is 0 Å². The van der Waals surface area contributed by atoms with Crippen molar-refractivity contribution in [3.8, 4) is 0 Å². The molecule has 2 amide bonds. The first kappa shape index (κ1) is 21.1. The monoisotopic (exact) mass is 435 g/mol. The SMILES string of the molecule is CN(c1ccc(Cl)c(C(=O)N2CCC(C(N)=O)CC2)c1)S(=O)(=O)c1ccccc1. The standard InChI is InChI=1S/C20H22ClN3O4S/c1-23(29(27,28)16-5-3-2-4-6-16)15-7-8-18(21)17(13-15)20(26)24-11-9-14(10-12-24)19(22)25/h2-8,13-14H,9-12H2,1H3,(H2,22,25). The van der Waals surface area contributed by atoms with Gasteiger partial charge in [-0.1, -0.05) is 29.8 Å². The van der Waals surface area contributed by atoms with Gasteiger partial charge in [0, 0.05) is 26.1 Å². The molecule has 0 aliphatic carbocycles. The Balaban J connectivity index is 1.85. The molecule has 1 aliphatic rings. The Bertz CT molecular complexity index is 1020. The number of nitrogens with two attached hydrogens (primary N) is 1. The first-order chi connectivity index (χ1) is 13.7. The Morgan fingerprint density at radius 1 is 1.10 bits per heavy atom. The van der Waals surface area contributed by atoms with Crippen molar-refractivity contribution in [2.24, 2.45) is 11.7 Å². The van der Waals surface area contributed by atoms with Gasteiger partial charge in [0.25, 0.3) is 15.9 Å². The van der Waals surface area contributed by atoms with Crippen LogP contribution in [0.4, 0.5) is 5.69 Å². The summed E-state index contributed by atoms with van der Waals surface area (Å²) < 4.78 is 26.8. The van der Waals surface area contributed by atoms with Gasteiger partial charge in [-0.05, 0) is 43.2 Å². The number of rotatable bonds is 5. The fourth-order valence-corrected chi connectivity index (χ4v) is 4.71. The maximum Gasteiger partial charge on any atom is 0.264 e. The molecule has 154 valence electrons. The number of likely N-dealkylation sites (tertiary alicyclic amines) is 1. The van der Waals surface area contributed by atoms with Crippen LogP contribution < -0.4 is 10.0 Å². The summed E-state index contributed by atoms with van der Waals surface area (Å²) in [5.41, 5.74) is 5.89. The quantitative estimate of drug-likeness (QED) is 0.779. The van der Waals surface area contributed by atoms with E-state index in [1.54, 1.807) is 29.2 Å². The number of halogens is 1. The van der Waals surface area contributed by atoms with E-state index in [-0.39, 0.29) is 33.2 Å². The van der Waals surface area contributed by atoms with Crippen LogP contribution >= 0.6 is 11.6 Å². The lowest BCUT2D eigenvalue weighted by molar-refractivity contribution is -0.123. The average Bonchev–Trinajstić information content (AvgIpc) is 2.73. The van der Waals surface area contributed by atoms with Crippen molar-refractivity contribution < 1.29 is 18.0 Å². The van der Waals surface area contributed by atoms with Gasteiger partial charge in [-0.2, -0.15) is 0 Å². The van der Waals surface area contributed by atoms with Crippen LogP contribution in [0.25, 0.3) is 0 Å². The smallest absolute Gasteiger partial charge is 0.264 e. The second-order valence-electron chi connectivity index (χ2n) is 6.92. The maximum atomic E-state index is 12.9. The lowest BCUT2D eigenvalue weighted by Crippen LogP contribution is -2.41. The van der Waals surface area contributed by atoms with Gasteiger partial charge in [0.15, 0.2) is 0 Å². The molecule has 2 aromatic rings. The number of carbonyl (C=O) groups excluding carboxylic acids is 2. The molecule has 1 aliphatic heterocycles. The molecular formula is C20H22ClN3O4S. The molecule has 3 rings (SSSR count). The molecule has 0 unspecified atom stereocenters. The third-order valence-electron chi connectivity index (χ3n) is 5.13. The average molecular weight is 436 g/mol. The van der Waals surface area contributed by atoms with Crippen LogP contribution in [-0.4, -0.2) is 45.3 Å². The van der Waals surface area contributed by atoms with Crippen molar-refractivity contribution in [1.29, 1.82) is 0 Å². The molecule has 2 aromatic carbocycles.